The number of para-hydroxylation sites is 1. The summed E-state index contributed by atoms with van der Waals surface area (Å²) in [5, 5.41) is 5.56. The van der Waals surface area contributed by atoms with Crippen molar-refractivity contribution in [3.8, 4) is 0 Å². The van der Waals surface area contributed by atoms with E-state index in [2.05, 4.69) is 10.6 Å². The highest BCUT2D eigenvalue weighted by Crippen LogP contribution is 2.13. The first-order chi connectivity index (χ1) is 6.77. The number of anilines is 1. The van der Waals surface area contributed by atoms with Crippen molar-refractivity contribution in [1.82, 2.24) is 5.32 Å². The van der Waals surface area contributed by atoms with Crippen molar-refractivity contribution < 1.29 is 4.79 Å². The van der Waals surface area contributed by atoms with Crippen LogP contribution in [0.1, 0.15) is 5.56 Å². The molecule has 0 aromatic heterocycles. The van der Waals surface area contributed by atoms with E-state index in [0.717, 1.165) is 11.3 Å². The highest BCUT2D eigenvalue weighted by atomic mass is 16.1. The molecule has 1 aromatic rings. The van der Waals surface area contributed by atoms with Gasteiger partial charge in [-0.3, -0.25) is 4.79 Å². The maximum atomic E-state index is 11.3. The van der Waals surface area contributed by atoms with Gasteiger partial charge >= 0.3 is 0 Å². The van der Waals surface area contributed by atoms with Gasteiger partial charge in [0.25, 0.3) is 0 Å². The molecule has 1 aromatic carbocycles. The molecule has 0 atom stereocenters. The maximum Gasteiger partial charge on any atom is 0.238 e. The minimum Gasteiger partial charge on any atom is -0.326 e. The van der Waals surface area contributed by atoms with Crippen molar-refractivity contribution in [1.29, 1.82) is 0 Å². The van der Waals surface area contributed by atoms with E-state index in [4.69, 9.17) is 5.73 Å². The predicted molar refractivity (Wildman–Crippen MR) is 56.9 cm³/mol. The summed E-state index contributed by atoms with van der Waals surface area (Å²) >= 11 is 0. The number of benzene rings is 1. The zero-order valence-electron chi connectivity index (χ0n) is 8.21. The quantitative estimate of drug-likeness (QED) is 0.644. The van der Waals surface area contributed by atoms with E-state index < -0.39 is 0 Å². The van der Waals surface area contributed by atoms with Crippen LogP contribution in [0.3, 0.4) is 0 Å². The molecule has 0 aliphatic rings. The molecule has 0 bridgehead atoms. The van der Waals surface area contributed by atoms with Gasteiger partial charge in [-0.15, -0.1) is 0 Å². The number of rotatable bonds is 4. The minimum absolute atomic E-state index is 0.0617. The zero-order valence-corrected chi connectivity index (χ0v) is 8.21. The van der Waals surface area contributed by atoms with Crippen LogP contribution in [0.4, 0.5) is 5.69 Å². The molecule has 4 nitrogen and oxygen atoms in total. The molecule has 1 amide bonds. The standard InChI is InChI=1S/C10H15N3O/c1-12-7-10(14)13-9-5-3-2-4-8(9)6-11/h2-5,12H,6-7,11H2,1H3,(H,13,14). The average molecular weight is 193 g/mol. The van der Waals surface area contributed by atoms with Crippen LogP contribution in [-0.2, 0) is 11.3 Å². The Hall–Kier alpha value is -1.39. The number of carbonyl (C=O) groups is 1. The van der Waals surface area contributed by atoms with Crippen LogP contribution in [0.2, 0.25) is 0 Å². The fourth-order valence-electron chi connectivity index (χ4n) is 1.18. The molecule has 0 unspecified atom stereocenters. The van der Waals surface area contributed by atoms with Crippen LogP contribution >= 0.6 is 0 Å². The van der Waals surface area contributed by atoms with E-state index in [0.29, 0.717) is 13.1 Å². The van der Waals surface area contributed by atoms with Crippen molar-refractivity contribution in [2.24, 2.45) is 5.73 Å². The highest BCUT2D eigenvalue weighted by molar-refractivity contribution is 5.92. The first kappa shape index (κ1) is 10.7. The molecule has 0 saturated carbocycles. The number of amides is 1. The van der Waals surface area contributed by atoms with Crippen molar-refractivity contribution in [3.63, 3.8) is 0 Å². The van der Waals surface area contributed by atoms with Crippen LogP contribution in [0, 0.1) is 0 Å². The SMILES string of the molecule is CNCC(=O)Nc1ccccc1CN. The van der Waals surface area contributed by atoms with E-state index in [-0.39, 0.29) is 5.91 Å². The van der Waals surface area contributed by atoms with Gasteiger partial charge in [-0.1, -0.05) is 18.2 Å². The molecule has 0 radical (unpaired) electrons. The lowest BCUT2D eigenvalue weighted by atomic mass is 10.2. The van der Waals surface area contributed by atoms with Crippen molar-refractivity contribution in [2.45, 2.75) is 6.54 Å². The molecular formula is C10H15N3O. The van der Waals surface area contributed by atoms with Crippen LogP contribution in [0.15, 0.2) is 24.3 Å². The molecule has 1 rings (SSSR count). The molecular weight excluding hydrogens is 178 g/mol. The molecule has 14 heavy (non-hydrogen) atoms. The summed E-state index contributed by atoms with van der Waals surface area (Å²) in [7, 11) is 1.73. The summed E-state index contributed by atoms with van der Waals surface area (Å²) in [5.41, 5.74) is 7.26. The summed E-state index contributed by atoms with van der Waals surface area (Å²) in [6.07, 6.45) is 0. The van der Waals surface area contributed by atoms with Gasteiger partial charge in [0.1, 0.15) is 0 Å². The van der Waals surface area contributed by atoms with E-state index in [1.807, 2.05) is 24.3 Å². The second kappa shape index (κ2) is 5.36. The largest absolute Gasteiger partial charge is 0.326 e. The maximum absolute atomic E-state index is 11.3. The third-order valence-electron chi connectivity index (χ3n) is 1.85. The lowest BCUT2D eigenvalue weighted by Gasteiger charge is -2.08. The van der Waals surface area contributed by atoms with Crippen LogP contribution < -0.4 is 16.4 Å². The molecule has 0 spiro atoms. The Morgan fingerprint density at radius 2 is 2.14 bits per heavy atom. The van der Waals surface area contributed by atoms with Gasteiger partial charge in [-0.05, 0) is 18.7 Å². The molecule has 4 heteroatoms. The zero-order chi connectivity index (χ0) is 10.4. The third kappa shape index (κ3) is 2.83. The van der Waals surface area contributed by atoms with E-state index >= 15 is 0 Å². The molecule has 4 N–H and O–H groups in total. The Balaban J connectivity index is 2.70. The summed E-state index contributed by atoms with van der Waals surface area (Å²) in [6.45, 7) is 0.731. The minimum atomic E-state index is -0.0617. The molecule has 0 fully saturated rings. The Labute approximate surface area is 83.5 Å². The highest BCUT2D eigenvalue weighted by Gasteiger charge is 2.03. The third-order valence-corrected chi connectivity index (χ3v) is 1.85. The predicted octanol–water partition coefficient (Wildman–Crippen LogP) is 0.303. The van der Waals surface area contributed by atoms with E-state index in [9.17, 15) is 4.79 Å². The summed E-state index contributed by atoms with van der Waals surface area (Å²) < 4.78 is 0. The van der Waals surface area contributed by atoms with Gasteiger partial charge in [0, 0.05) is 12.2 Å². The molecule has 0 aliphatic heterocycles. The summed E-state index contributed by atoms with van der Waals surface area (Å²) in [5.74, 6) is -0.0617. The molecule has 0 heterocycles. The summed E-state index contributed by atoms with van der Waals surface area (Å²) in [4.78, 5) is 11.3. The number of carbonyl (C=O) groups excluding carboxylic acids is 1. The van der Waals surface area contributed by atoms with Gasteiger partial charge < -0.3 is 16.4 Å². The lowest BCUT2D eigenvalue weighted by molar-refractivity contribution is -0.115. The Bertz CT molecular complexity index is 312. The smallest absolute Gasteiger partial charge is 0.238 e. The molecule has 76 valence electrons. The fourth-order valence-corrected chi connectivity index (χ4v) is 1.18. The Kier molecular flexibility index (Phi) is 4.10. The van der Waals surface area contributed by atoms with Gasteiger partial charge in [0.05, 0.1) is 6.54 Å². The number of nitrogens with one attached hydrogen (secondary N) is 2. The Morgan fingerprint density at radius 1 is 1.43 bits per heavy atom. The number of nitrogens with two attached hydrogens (primary N) is 1. The van der Waals surface area contributed by atoms with Crippen LogP contribution in [0.25, 0.3) is 0 Å². The van der Waals surface area contributed by atoms with Crippen molar-refractivity contribution in [2.75, 3.05) is 18.9 Å². The number of hydrogen-bond donors (Lipinski definition) is 3. The van der Waals surface area contributed by atoms with Gasteiger partial charge in [-0.2, -0.15) is 0 Å². The summed E-state index contributed by atoms with van der Waals surface area (Å²) in [6, 6.07) is 7.51. The first-order valence-electron chi connectivity index (χ1n) is 4.50. The Morgan fingerprint density at radius 3 is 2.79 bits per heavy atom. The molecule has 0 aliphatic carbocycles. The van der Waals surface area contributed by atoms with E-state index in [1.54, 1.807) is 7.05 Å². The van der Waals surface area contributed by atoms with Crippen molar-refractivity contribution >= 4 is 11.6 Å². The first-order valence-corrected chi connectivity index (χ1v) is 4.50. The lowest BCUT2D eigenvalue weighted by Crippen LogP contribution is -2.25. The normalized spacial score (nSPS) is 9.86. The monoisotopic (exact) mass is 193 g/mol. The topological polar surface area (TPSA) is 67.2 Å². The fraction of sp³-hybridized carbons (Fsp3) is 0.300. The number of hydrogen-bond acceptors (Lipinski definition) is 3. The van der Waals surface area contributed by atoms with Crippen LogP contribution in [-0.4, -0.2) is 19.5 Å². The van der Waals surface area contributed by atoms with E-state index in [1.165, 1.54) is 0 Å². The second-order valence-corrected chi connectivity index (χ2v) is 2.94. The van der Waals surface area contributed by atoms with Crippen LogP contribution in [0.5, 0.6) is 0 Å². The molecule has 0 saturated heterocycles. The second-order valence-electron chi connectivity index (χ2n) is 2.94. The van der Waals surface area contributed by atoms with Gasteiger partial charge in [0.15, 0.2) is 0 Å². The number of likely N-dealkylation sites (N-methyl/N-ethyl adjacent to an activating group) is 1. The van der Waals surface area contributed by atoms with Gasteiger partial charge in [-0.25, -0.2) is 0 Å². The average Bonchev–Trinajstić information content (AvgIpc) is 2.19. The van der Waals surface area contributed by atoms with Gasteiger partial charge in [0.2, 0.25) is 5.91 Å². The van der Waals surface area contributed by atoms with Crippen molar-refractivity contribution in [3.05, 3.63) is 29.8 Å².